The van der Waals surface area contributed by atoms with Crippen molar-refractivity contribution in [1.82, 2.24) is 0 Å². The van der Waals surface area contributed by atoms with Gasteiger partial charge in [0, 0.05) is 24.4 Å². The number of hydrogen-bond donors (Lipinski definition) is 1. The Kier molecular flexibility index (Phi) is 8.21. The molecule has 2 unspecified atom stereocenters. The fourth-order valence-corrected chi connectivity index (χ4v) is 5.82. The van der Waals surface area contributed by atoms with E-state index >= 15 is 0 Å². The van der Waals surface area contributed by atoms with Gasteiger partial charge < -0.3 is 19.5 Å². The van der Waals surface area contributed by atoms with Crippen LogP contribution in [-0.4, -0.2) is 30.8 Å². The largest absolute Gasteiger partial charge is 0.483 e. The summed E-state index contributed by atoms with van der Waals surface area (Å²) in [6.07, 6.45) is 12.2. The van der Waals surface area contributed by atoms with Crippen LogP contribution in [0.3, 0.4) is 0 Å². The second kappa shape index (κ2) is 11.1. The number of esters is 1. The Labute approximate surface area is 199 Å². The zero-order valence-electron chi connectivity index (χ0n) is 20.9. The van der Waals surface area contributed by atoms with E-state index in [1.165, 1.54) is 38.5 Å². The van der Waals surface area contributed by atoms with Crippen LogP contribution in [0, 0.1) is 11.8 Å². The van der Waals surface area contributed by atoms with E-state index in [2.05, 4.69) is 18.3 Å². The Morgan fingerprint density at radius 3 is 2.45 bits per heavy atom. The van der Waals surface area contributed by atoms with Crippen LogP contribution in [0.1, 0.15) is 103 Å². The molecule has 1 aromatic rings. The van der Waals surface area contributed by atoms with Crippen LogP contribution in [0.5, 0.6) is 5.75 Å². The molecule has 0 bridgehead atoms. The Bertz CT molecular complexity index is 780. The van der Waals surface area contributed by atoms with E-state index in [0.29, 0.717) is 6.61 Å². The third-order valence-corrected chi connectivity index (χ3v) is 7.76. The first kappa shape index (κ1) is 24.4. The van der Waals surface area contributed by atoms with Crippen molar-refractivity contribution in [2.24, 2.45) is 11.8 Å². The molecule has 2 saturated carbocycles. The van der Waals surface area contributed by atoms with Gasteiger partial charge in [-0.1, -0.05) is 51.4 Å². The molecule has 184 valence electrons. The van der Waals surface area contributed by atoms with Gasteiger partial charge in [0.25, 0.3) is 0 Å². The minimum absolute atomic E-state index is 0.00641. The van der Waals surface area contributed by atoms with E-state index in [-0.39, 0.29) is 18.0 Å². The number of anilines is 1. The lowest BCUT2D eigenvalue weighted by Gasteiger charge is -2.44. The minimum atomic E-state index is -0.660. The molecule has 1 heterocycles. The van der Waals surface area contributed by atoms with E-state index in [9.17, 15) is 4.79 Å². The average Bonchev–Trinajstić information content (AvgIpc) is 2.82. The molecule has 2 aliphatic carbocycles. The van der Waals surface area contributed by atoms with Crippen molar-refractivity contribution in [3.05, 3.63) is 23.8 Å². The molecule has 2 fully saturated rings. The molecule has 5 nitrogen and oxygen atoms in total. The van der Waals surface area contributed by atoms with Gasteiger partial charge in [-0.3, -0.25) is 4.79 Å². The number of rotatable bonds is 8. The molecule has 0 saturated heterocycles. The number of ether oxygens (including phenoxy) is 3. The lowest BCUT2D eigenvalue weighted by atomic mass is 9.86. The zero-order valence-corrected chi connectivity index (χ0v) is 20.9. The summed E-state index contributed by atoms with van der Waals surface area (Å²) in [7, 11) is 0. The minimum Gasteiger partial charge on any atom is -0.483 e. The van der Waals surface area contributed by atoms with Gasteiger partial charge in [0.05, 0.1) is 5.92 Å². The van der Waals surface area contributed by atoms with E-state index in [0.717, 1.165) is 61.6 Å². The third kappa shape index (κ3) is 6.03. The Morgan fingerprint density at radius 1 is 1.06 bits per heavy atom. The van der Waals surface area contributed by atoms with Crippen molar-refractivity contribution in [3.63, 3.8) is 0 Å². The van der Waals surface area contributed by atoms with Crippen molar-refractivity contribution in [2.75, 3.05) is 18.5 Å². The van der Waals surface area contributed by atoms with Gasteiger partial charge in [0.15, 0.2) is 6.10 Å². The number of nitrogens with one attached hydrogen (secondary N) is 1. The Morgan fingerprint density at radius 2 is 1.76 bits per heavy atom. The van der Waals surface area contributed by atoms with Crippen LogP contribution in [-0.2, 0) is 14.3 Å². The molecule has 0 aromatic heterocycles. The standard InChI is InChI=1S/C28H43NO4/c1-4-29-22-15-16-24-23(19-22)25(31-18-17-20-11-7-5-8-12-20)26(28(2,3)33-24)32-27(30)21-13-9-6-10-14-21/h15-16,19-21,25-26,29H,4-14,17-18H2,1-3H3. The maximum Gasteiger partial charge on any atom is 0.309 e. The number of fused-ring (bicyclic) bond motifs is 1. The number of carbonyl (C=O) groups excluding carboxylic acids is 1. The van der Waals surface area contributed by atoms with Crippen LogP contribution < -0.4 is 10.1 Å². The van der Waals surface area contributed by atoms with E-state index in [1.54, 1.807) is 0 Å². The van der Waals surface area contributed by atoms with Crippen molar-refractivity contribution >= 4 is 11.7 Å². The number of benzene rings is 1. The van der Waals surface area contributed by atoms with Gasteiger partial charge in [-0.05, 0) is 64.2 Å². The van der Waals surface area contributed by atoms with Crippen LogP contribution in [0.15, 0.2) is 18.2 Å². The van der Waals surface area contributed by atoms with Crippen molar-refractivity contribution in [2.45, 2.75) is 109 Å². The third-order valence-electron chi connectivity index (χ3n) is 7.76. The monoisotopic (exact) mass is 457 g/mol. The topological polar surface area (TPSA) is 56.8 Å². The highest BCUT2D eigenvalue weighted by Gasteiger charge is 2.48. The smallest absolute Gasteiger partial charge is 0.309 e. The van der Waals surface area contributed by atoms with Crippen LogP contribution in [0.4, 0.5) is 5.69 Å². The Hall–Kier alpha value is -1.75. The van der Waals surface area contributed by atoms with Gasteiger partial charge in [-0.15, -0.1) is 0 Å². The molecule has 5 heteroatoms. The van der Waals surface area contributed by atoms with Gasteiger partial charge >= 0.3 is 5.97 Å². The quantitative estimate of drug-likeness (QED) is 0.435. The summed E-state index contributed by atoms with van der Waals surface area (Å²) < 4.78 is 19.2. The van der Waals surface area contributed by atoms with Crippen molar-refractivity contribution in [3.8, 4) is 5.75 Å². The molecule has 1 aromatic carbocycles. The van der Waals surface area contributed by atoms with Gasteiger partial charge in [-0.25, -0.2) is 0 Å². The molecular weight excluding hydrogens is 414 g/mol. The molecule has 1 N–H and O–H groups in total. The SMILES string of the molecule is CCNc1ccc2c(c1)C(OCCC1CCCCC1)C(OC(=O)C1CCCCC1)C(C)(C)O2. The fourth-order valence-electron chi connectivity index (χ4n) is 5.82. The summed E-state index contributed by atoms with van der Waals surface area (Å²) in [6.45, 7) is 7.66. The van der Waals surface area contributed by atoms with Crippen molar-refractivity contribution in [1.29, 1.82) is 0 Å². The first-order valence-corrected chi connectivity index (χ1v) is 13.4. The predicted molar refractivity (Wildman–Crippen MR) is 132 cm³/mol. The van der Waals surface area contributed by atoms with E-state index < -0.39 is 11.7 Å². The molecule has 1 aliphatic heterocycles. The summed E-state index contributed by atoms with van der Waals surface area (Å²) in [5, 5.41) is 3.40. The van der Waals surface area contributed by atoms with Crippen LogP contribution >= 0.6 is 0 Å². The molecule has 0 radical (unpaired) electrons. The second-order valence-electron chi connectivity index (χ2n) is 10.8. The average molecular weight is 458 g/mol. The Balaban J connectivity index is 1.55. The van der Waals surface area contributed by atoms with Crippen molar-refractivity contribution < 1.29 is 19.0 Å². The summed E-state index contributed by atoms with van der Waals surface area (Å²) >= 11 is 0. The normalized spacial score (nSPS) is 25.7. The lowest BCUT2D eigenvalue weighted by Crippen LogP contribution is -2.52. The molecule has 4 rings (SSSR count). The molecule has 0 spiro atoms. The summed E-state index contributed by atoms with van der Waals surface area (Å²) in [6, 6.07) is 6.18. The van der Waals surface area contributed by atoms with Crippen LogP contribution in [0.25, 0.3) is 0 Å². The number of carbonyl (C=O) groups is 1. The van der Waals surface area contributed by atoms with E-state index in [4.69, 9.17) is 14.2 Å². The lowest BCUT2D eigenvalue weighted by molar-refractivity contribution is -0.189. The molecule has 3 aliphatic rings. The molecule has 2 atom stereocenters. The highest BCUT2D eigenvalue weighted by Crippen LogP contribution is 2.45. The zero-order chi connectivity index (χ0) is 23.3. The highest BCUT2D eigenvalue weighted by atomic mass is 16.6. The van der Waals surface area contributed by atoms with Gasteiger partial charge in [0.1, 0.15) is 17.5 Å². The molecule has 0 amide bonds. The van der Waals surface area contributed by atoms with Gasteiger partial charge in [0.2, 0.25) is 0 Å². The predicted octanol–water partition coefficient (Wildman–Crippen LogP) is 6.81. The van der Waals surface area contributed by atoms with Crippen LogP contribution in [0.2, 0.25) is 0 Å². The summed E-state index contributed by atoms with van der Waals surface area (Å²) in [5.41, 5.74) is 1.36. The second-order valence-corrected chi connectivity index (χ2v) is 10.8. The summed E-state index contributed by atoms with van der Waals surface area (Å²) in [5.74, 6) is 1.51. The highest BCUT2D eigenvalue weighted by molar-refractivity contribution is 5.73. The maximum atomic E-state index is 13.2. The van der Waals surface area contributed by atoms with E-state index in [1.807, 2.05) is 26.0 Å². The molecular formula is C28H43NO4. The summed E-state index contributed by atoms with van der Waals surface area (Å²) in [4.78, 5) is 13.2. The first-order chi connectivity index (χ1) is 16.0. The number of hydrogen-bond acceptors (Lipinski definition) is 5. The maximum absolute atomic E-state index is 13.2. The van der Waals surface area contributed by atoms with Gasteiger partial charge in [-0.2, -0.15) is 0 Å². The fraction of sp³-hybridized carbons (Fsp3) is 0.750. The first-order valence-electron chi connectivity index (χ1n) is 13.4. The molecule has 33 heavy (non-hydrogen) atoms.